The summed E-state index contributed by atoms with van der Waals surface area (Å²) in [5.41, 5.74) is 0.683. The van der Waals surface area contributed by atoms with Crippen LogP contribution in [0.3, 0.4) is 0 Å². The Kier molecular flexibility index (Phi) is 3.54. The van der Waals surface area contributed by atoms with Crippen molar-refractivity contribution in [3.63, 3.8) is 0 Å². The van der Waals surface area contributed by atoms with Gasteiger partial charge in [0.1, 0.15) is 0 Å². The van der Waals surface area contributed by atoms with Gasteiger partial charge >= 0.3 is 0 Å². The van der Waals surface area contributed by atoms with Gasteiger partial charge in [-0.3, -0.25) is 4.79 Å². The van der Waals surface area contributed by atoms with Crippen LogP contribution in [0.5, 0.6) is 0 Å². The number of anilines is 1. The minimum absolute atomic E-state index is 0.219. The molecule has 0 saturated heterocycles. The number of nitrogens with one attached hydrogen (secondary N) is 1. The molecule has 0 aliphatic rings. The van der Waals surface area contributed by atoms with Gasteiger partial charge in [0.2, 0.25) is 0 Å². The Hall–Kier alpha value is -1.27. The van der Waals surface area contributed by atoms with E-state index in [2.05, 4.69) is 21.2 Å². The Balaban J connectivity index is 2.15. The lowest BCUT2D eigenvalue weighted by Crippen LogP contribution is -2.11. The average molecular weight is 318 g/mol. The Morgan fingerprint density at radius 3 is 2.59 bits per heavy atom. The number of carbonyl (C=O) groups is 1. The Bertz CT molecular complexity index is 570. The van der Waals surface area contributed by atoms with Gasteiger partial charge in [-0.15, -0.1) is 11.3 Å². The van der Waals surface area contributed by atoms with Crippen LogP contribution in [0.1, 0.15) is 10.4 Å². The summed E-state index contributed by atoms with van der Waals surface area (Å²) in [6.45, 7) is 0. The van der Waals surface area contributed by atoms with E-state index in [9.17, 15) is 13.6 Å². The summed E-state index contributed by atoms with van der Waals surface area (Å²) in [6.07, 6.45) is 0. The largest absolute Gasteiger partial charge is 0.322 e. The van der Waals surface area contributed by atoms with Crippen molar-refractivity contribution in [2.75, 3.05) is 5.32 Å². The van der Waals surface area contributed by atoms with E-state index in [-0.39, 0.29) is 11.6 Å². The van der Waals surface area contributed by atoms with Gasteiger partial charge in [-0.25, -0.2) is 8.78 Å². The van der Waals surface area contributed by atoms with Gasteiger partial charge < -0.3 is 5.32 Å². The first-order chi connectivity index (χ1) is 8.06. The van der Waals surface area contributed by atoms with Crippen LogP contribution in [0, 0.1) is 11.6 Å². The van der Waals surface area contributed by atoms with Crippen molar-refractivity contribution in [2.24, 2.45) is 0 Å². The van der Waals surface area contributed by atoms with E-state index in [1.807, 2.05) is 0 Å². The normalized spacial score (nSPS) is 10.3. The first kappa shape index (κ1) is 12.2. The van der Waals surface area contributed by atoms with Gasteiger partial charge in [-0.2, -0.15) is 0 Å². The number of rotatable bonds is 2. The molecule has 0 bridgehead atoms. The van der Waals surface area contributed by atoms with Gasteiger partial charge in [0.05, 0.1) is 9.35 Å². The second-order valence-electron chi connectivity index (χ2n) is 3.22. The molecule has 0 atom stereocenters. The molecule has 1 aromatic heterocycles. The second kappa shape index (κ2) is 4.93. The van der Waals surface area contributed by atoms with Crippen LogP contribution in [0.15, 0.2) is 33.4 Å². The molecule has 0 aliphatic carbocycles. The molecule has 1 amide bonds. The van der Waals surface area contributed by atoms with Crippen LogP contribution in [-0.2, 0) is 0 Å². The van der Waals surface area contributed by atoms with Crippen molar-refractivity contribution in [1.29, 1.82) is 0 Å². The molecule has 2 nitrogen and oxygen atoms in total. The molecule has 88 valence electrons. The lowest BCUT2D eigenvalue weighted by atomic mass is 10.2. The Morgan fingerprint density at radius 1 is 1.24 bits per heavy atom. The van der Waals surface area contributed by atoms with Crippen molar-refractivity contribution in [1.82, 2.24) is 0 Å². The fourth-order valence-electron chi connectivity index (χ4n) is 1.21. The number of benzene rings is 1. The summed E-state index contributed by atoms with van der Waals surface area (Å²) >= 11 is 4.61. The summed E-state index contributed by atoms with van der Waals surface area (Å²) in [6, 6.07) is 4.86. The Morgan fingerprint density at radius 2 is 2.00 bits per heavy atom. The molecule has 0 radical (unpaired) electrons. The molecular formula is C11H6BrF2NOS. The zero-order chi connectivity index (χ0) is 12.4. The molecule has 2 rings (SSSR count). The molecule has 17 heavy (non-hydrogen) atoms. The summed E-state index contributed by atoms with van der Waals surface area (Å²) in [5, 5.41) is 4.15. The molecule has 0 spiro atoms. The third kappa shape index (κ3) is 2.89. The highest BCUT2D eigenvalue weighted by molar-refractivity contribution is 9.11. The fraction of sp³-hybridized carbons (Fsp3) is 0. The zero-order valence-electron chi connectivity index (χ0n) is 8.34. The van der Waals surface area contributed by atoms with Gasteiger partial charge in [0.25, 0.3) is 5.91 Å². The van der Waals surface area contributed by atoms with Crippen LogP contribution < -0.4 is 5.32 Å². The van der Waals surface area contributed by atoms with E-state index in [0.717, 1.165) is 15.9 Å². The maximum Gasteiger partial charge on any atom is 0.256 e. The van der Waals surface area contributed by atoms with E-state index in [0.29, 0.717) is 5.56 Å². The SMILES string of the molecule is O=C(Nc1ccc(F)c(F)c1)c1csc(Br)c1. The van der Waals surface area contributed by atoms with Crippen LogP contribution in [0.25, 0.3) is 0 Å². The molecule has 0 aliphatic heterocycles. The van der Waals surface area contributed by atoms with E-state index in [1.54, 1.807) is 11.4 Å². The topological polar surface area (TPSA) is 29.1 Å². The maximum atomic E-state index is 12.9. The first-order valence-corrected chi connectivity index (χ1v) is 6.24. The summed E-state index contributed by atoms with van der Waals surface area (Å²) < 4.78 is 26.4. The maximum absolute atomic E-state index is 12.9. The summed E-state index contributed by atoms with van der Waals surface area (Å²) in [4.78, 5) is 11.7. The van der Waals surface area contributed by atoms with Crippen molar-refractivity contribution < 1.29 is 13.6 Å². The monoisotopic (exact) mass is 317 g/mol. The average Bonchev–Trinajstić information content (AvgIpc) is 2.70. The second-order valence-corrected chi connectivity index (χ2v) is 5.51. The summed E-state index contributed by atoms with van der Waals surface area (Å²) in [5.74, 6) is -2.30. The lowest BCUT2D eigenvalue weighted by molar-refractivity contribution is 0.102. The molecule has 1 N–H and O–H groups in total. The highest BCUT2D eigenvalue weighted by atomic mass is 79.9. The van der Waals surface area contributed by atoms with E-state index in [4.69, 9.17) is 0 Å². The molecule has 0 fully saturated rings. The van der Waals surface area contributed by atoms with E-state index >= 15 is 0 Å². The van der Waals surface area contributed by atoms with Crippen molar-refractivity contribution in [2.45, 2.75) is 0 Å². The highest BCUT2D eigenvalue weighted by Gasteiger charge is 2.09. The molecule has 2 aromatic rings. The predicted octanol–water partition coefficient (Wildman–Crippen LogP) is 4.04. The van der Waals surface area contributed by atoms with Crippen molar-refractivity contribution in [3.8, 4) is 0 Å². The van der Waals surface area contributed by atoms with Crippen LogP contribution >= 0.6 is 27.3 Å². The quantitative estimate of drug-likeness (QED) is 0.889. The minimum atomic E-state index is -0.991. The predicted molar refractivity (Wildman–Crippen MR) is 66.3 cm³/mol. The number of carbonyl (C=O) groups excluding carboxylic acids is 1. The zero-order valence-corrected chi connectivity index (χ0v) is 10.7. The molecule has 0 saturated carbocycles. The van der Waals surface area contributed by atoms with Crippen LogP contribution in [0.4, 0.5) is 14.5 Å². The lowest BCUT2D eigenvalue weighted by Gasteiger charge is -2.03. The number of halogens is 3. The van der Waals surface area contributed by atoms with E-state index in [1.165, 1.54) is 17.4 Å². The first-order valence-electron chi connectivity index (χ1n) is 4.56. The molecular weight excluding hydrogens is 312 g/mol. The smallest absolute Gasteiger partial charge is 0.256 e. The van der Waals surface area contributed by atoms with Crippen molar-refractivity contribution >= 4 is 38.9 Å². The van der Waals surface area contributed by atoms with Gasteiger partial charge in [-0.1, -0.05) is 0 Å². The third-order valence-electron chi connectivity index (χ3n) is 2.01. The van der Waals surface area contributed by atoms with Gasteiger partial charge in [0, 0.05) is 17.1 Å². The third-order valence-corrected chi connectivity index (χ3v) is 3.51. The van der Waals surface area contributed by atoms with Gasteiger partial charge in [0.15, 0.2) is 11.6 Å². The minimum Gasteiger partial charge on any atom is -0.322 e. The molecule has 1 aromatic carbocycles. The Labute approximate surface area is 108 Å². The van der Waals surface area contributed by atoms with Gasteiger partial charge in [-0.05, 0) is 34.1 Å². The van der Waals surface area contributed by atoms with E-state index < -0.39 is 11.6 Å². The van der Waals surface area contributed by atoms with Crippen molar-refractivity contribution in [3.05, 3.63) is 50.6 Å². The molecule has 6 heteroatoms. The fourth-order valence-corrected chi connectivity index (χ4v) is 2.34. The number of hydrogen-bond acceptors (Lipinski definition) is 2. The highest BCUT2D eigenvalue weighted by Crippen LogP contribution is 2.22. The number of amides is 1. The molecule has 1 heterocycles. The molecule has 0 unspecified atom stereocenters. The summed E-state index contributed by atoms with van der Waals surface area (Å²) in [7, 11) is 0. The number of thiophene rings is 1. The standard InChI is InChI=1S/C11H6BrF2NOS/c12-10-3-6(5-17-10)11(16)15-7-1-2-8(13)9(14)4-7/h1-5H,(H,15,16). The number of hydrogen-bond donors (Lipinski definition) is 1. The van der Waals surface area contributed by atoms with Crippen LogP contribution in [0.2, 0.25) is 0 Å². The van der Waals surface area contributed by atoms with Crippen LogP contribution in [-0.4, -0.2) is 5.91 Å².